The van der Waals surface area contributed by atoms with Crippen molar-refractivity contribution >= 4 is 29.2 Å². The van der Waals surface area contributed by atoms with Crippen molar-refractivity contribution in [2.45, 2.75) is 62.8 Å². The SMILES string of the molecule is CN(C)[C@H]1C(O)C(C(N)=O)C(=O)[C@]2(O)C(=O)C3=C(O)c4c(O)c(C(C)(C)C)cc(C(N)C(=O)O)c4C[C@@H]3C[C@H]12. The molecule has 0 spiro atoms. The third-order valence-corrected chi connectivity index (χ3v) is 8.53. The normalized spacial score (nSPS) is 31.5. The molecule has 4 rings (SSSR count). The Morgan fingerprint density at radius 1 is 1.18 bits per heavy atom. The number of rotatable bonds is 4. The van der Waals surface area contributed by atoms with Crippen LogP contribution >= 0.6 is 0 Å². The van der Waals surface area contributed by atoms with Crippen molar-refractivity contribution in [3.05, 3.63) is 33.9 Å². The first kappa shape index (κ1) is 28.7. The number of ketones is 2. The predicted octanol–water partition coefficient (Wildman–Crippen LogP) is -0.489. The Hall–Kier alpha value is -3.32. The van der Waals surface area contributed by atoms with Crippen LogP contribution in [0, 0.1) is 17.8 Å². The van der Waals surface area contributed by atoms with Crippen molar-refractivity contribution in [1.29, 1.82) is 0 Å². The highest BCUT2D eigenvalue weighted by Gasteiger charge is 2.67. The van der Waals surface area contributed by atoms with Crippen molar-refractivity contribution in [1.82, 2.24) is 4.90 Å². The molecule has 12 heteroatoms. The molecule has 12 nitrogen and oxygen atoms in total. The summed E-state index contributed by atoms with van der Waals surface area (Å²) < 4.78 is 0. The van der Waals surface area contributed by atoms with E-state index in [9.17, 15) is 44.7 Å². The van der Waals surface area contributed by atoms with Gasteiger partial charge in [-0.25, -0.2) is 0 Å². The van der Waals surface area contributed by atoms with Crippen LogP contribution in [0.3, 0.4) is 0 Å². The lowest BCUT2D eigenvalue weighted by Gasteiger charge is -2.53. The zero-order valence-electron chi connectivity index (χ0n) is 22.4. The minimum atomic E-state index is -2.78. The molecule has 0 saturated heterocycles. The van der Waals surface area contributed by atoms with Gasteiger partial charge in [0.2, 0.25) is 11.7 Å². The molecule has 39 heavy (non-hydrogen) atoms. The number of amides is 1. The van der Waals surface area contributed by atoms with E-state index in [1.54, 1.807) is 34.9 Å². The second-order valence-corrected chi connectivity index (χ2v) is 12.1. The van der Waals surface area contributed by atoms with Crippen LogP contribution in [0.5, 0.6) is 5.75 Å². The third-order valence-electron chi connectivity index (χ3n) is 8.53. The van der Waals surface area contributed by atoms with Gasteiger partial charge in [-0.1, -0.05) is 20.8 Å². The van der Waals surface area contributed by atoms with Crippen LogP contribution < -0.4 is 11.5 Å². The van der Waals surface area contributed by atoms with Crippen molar-refractivity contribution in [2.75, 3.05) is 14.1 Å². The van der Waals surface area contributed by atoms with Gasteiger partial charge in [0.05, 0.1) is 11.7 Å². The first-order valence-electron chi connectivity index (χ1n) is 12.6. The number of carboxylic acid groups (broad SMARTS) is 1. The van der Waals surface area contributed by atoms with E-state index in [2.05, 4.69) is 0 Å². The van der Waals surface area contributed by atoms with Gasteiger partial charge in [0.15, 0.2) is 11.4 Å². The largest absolute Gasteiger partial charge is 0.507 e. The average molecular weight is 546 g/mol. The number of aliphatic carboxylic acids is 1. The van der Waals surface area contributed by atoms with Gasteiger partial charge < -0.3 is 41.9 Å². The molecule has 3 aliphatic carbocycles. The smallest absolute Gasteiger partial charge is 0.325 e. The lowest BCUT2D eigenvalue weighted by molar-refractivity contribution is -0.184. The summed E-state index contributed by atoms with van der Waals surface area (Å²) in [6, 6.07) is -1.05. The van der Waals surface area contributed by atoms with Crippen LogP contribution in [0.4, 0.5) is 0 Å². The molecule has 9 N–H and O–H groups in total. The molecule has 3 unspecified atom stereocenters. The minimum Gasteiger partial charge on any atom is -0.507 e. The van der Waals surface area contributed by atoms with E-state index in [0.717, 1.165) is 0 Å². The van der Waals surface area contributed by atoms with Gasteiger partial charge in [-0.2, -0.15) is 0 Å². The fraction of sp³-hybridized carbons (Fsp3) is 0.556. The summed E-state index contributed by atoms with van der Waals surface area (Å²) in [5.74, 6) is -9.87. The van der Waals surface area contributed by atoms with Crippen molar-refractivity contribution < 1.29 is 44.7 Å². The number of primary amides is 1. The number of aliphatic hydroxyl groups excluding tert-OH is 2. The molecule has 0 aliphatic heterocycles. The summed E-state index contributed by atoms with van der Waals surface area (Å²) in [4.78, 5) is 52.9. The Labute approximate surface area is 224 Å². The number of carbonyl (C=O) groups excluding carboxylic acids is 3. The molecule has 0 aromatic heterocycles. The van der Waals surface area contributed by atoms with Gasteiger partial charge in [0.1, 0.15) is 23.5 Å². The summed E-state index contributed by atoms with van der Waals surface area (Å²) in [6.45, 7) is 5.28. The van der Waals surface area contributed by atoms with E-state index in [1.165, 1.54) is 11.0 Å². The maximum absolute atomic E-state index is 14.0. The van der Waals surface area contributed by atoms with E-state index in [-0.39, 0.29) is 46.4 Å². The molecule has 0 heterocycles. The number of benzene rings is 1. The van der Waals surface area contributed by atoms with Crippen molar-refractivity contribution in [3.8, 4) is 5.75 Å². The molecule has 7 atom stereocenters. The summed E-state index contributed by atoms with van der Waals surface area (Å²) in [7, 11) is 3.11. The van der Waals surface area contributed by atoms with Gasteiger partial charge in [0.25, 0.3) is 0 Å². The number of phenolic OH excluding ortho intramolecular Hbond substituents is 1. The van der Waals surface area contributed by atoms with E-state index in [1.807, 2.05) is 0 Å². The molecule has 0 bridgehead atoms. The monoisotopic (exact) mass is 545 g/mol. The van der Waals surface area contributed by atoms with Crippen LogP contribution in [0.1, 0.15) is 55.5 Å². The first-order chi connectivity index (χ1) is 17.9. The molecule has 0 radical (unpaired) electrons. The zero-order valence-corrected chi connectivity index (χ0v) is 22.4. The standard InChI is InChI=1S/C27H35N3O9/c1-26(2,3)13-8-11(17(28)25(37)38)10-6-9-7-12-18(30(4)5)21(33)16(24(29)36)23(35)27(12,39)22(34)14(9)20(32)15(10)19(13)31/h8-9,12,16-18,21,31-33,39H,6-7,28H2,1-5H3,(H2,29,36)(H,37,38)/t9-,12-,16?,17?,18-,21?,27-/m1/s1. The topological polar surface area (TPSA) is 225 Å². The Kier molecular flexibility index (Phi) is 6.71. The number of phenols is 1. The average Bonchev–Trinajstić information content (AvgIpc) is 2.79. The Morgan fingerprint density at radius 3 is 2.26 bits per heavy atom. The van der Waals surface area contributed by atoms with Gasteiger partial charge in [-0.15, -0.1) is 0 Å². The number of aromatic hydroxyl groups is 1. The van der Waals surface area contributed by atoms with E-state index >= 15 is 0 Å². The molecule has 212 valence electrons. The highest BCUT2D eigenvalue weighted by atomic mass is 16.4. The molecule has 2 fully saturated rings. The minimum absolute atomic E-state index is 0.0367. The number of hydrogen-bond acceptors (Lipinski definition) is 10. The van der Waals surface area contributed by atoms with Gasteiger partial charge in [0, 0.05) is 23.1 Å². The number of hydrogen-bond donors (Lipinski definition) is 7. The van der Waals surface area contributed by atoms with Gasteiger partial charge >= 0.3 is 5.97 Å². The maximum atomic E-state index is 14.0. The van der Waals surface area contributed by atoms with E-state index in [0.29, 0.717) is 0 Å². The summed E-state index contributed by atoms with van der Waals surface area (Å²) >= 11 is 0. The van der Waals surface area contributed by atoms with Crippen LogP contribution in [0.2, 0.25) is 0 Å². The van der Waals surface area contributed by atoms with Gasteiger partial charge in [-0.3, -0.25) is 19.2 Å². The maximum Gasteiger partial charge on any atom is 0.325 e. The lowest BCUT2D eigenvalue weighted by atomic mass is 9.54. The molecule has 1 aromatic carbocycles. The number of aliphatic hydroxyl groups is 3. The number of nitrogens with two attached hydrogens (primary N) is 2. The highest BCUT2D eigenvalue weighted by Crippen LogP contribution is 2.54. The fourth-order valence-electron chi connectivity index (χ4n) is 6.68. The van der Waals surface area contributed by atoms with Crippen LogP contribution in [0.25, 0.3) is 5.76 Å². The molecule has 1 aromatic rings. The second-order valence-electron chi connectivity index (χ2n) is 12.1. The molecular formula is C27H35N3O9. The van der Waals surface area contributed by atoms with E-state index < -0.39 is 76.2 Å². The van der Waals surface area contributed by atoms with Gasteiger partial charge in [-0.05, 0) is 55.5 Å². The van der Waals surface area contributed by atoms with E-state index in [4.69, 9.17) is 11.5 Å². The quantitative estimate of drug-likeness (QED) is 0.239. The predicted molar refractivity (Wildman–Crippen MR) is 137 cm³/mol. The number of carbonyl (C=O) groups is 4. The summed E-state index contributed by atoms with van der Waals surface area (Å²) in [5, 5.41) is 55.1. The Morgan fingerprint density at radius 2 is 1.77 bits per heavy atom. The fourth-order valence-corrected chi connectivity index (χ4v) is 6.68. The third kappa shape index (κ3) is 3.96. The second kappa shape index (κ2) is 9.12. The number of carboxylic acids is 1. The van der Waals surface area contributed by atoms with Crippen LogP contribution in [-0.2, 0) is 31.0 Å². The number of likely N-dealkylation sites (N-methyl/N-ethyl adjacent to an activating group) is 1. The number of Topliss-reactive ketones (excluding diaryl/α,β-unsaturated/α-hetero) is 2. The summed E-state index contributed by atoms with van der Waals surface area (Å²) in [6.07, 6.45) is -1.72. The lowest BCUT2D eigenvalue weighted by Crippen LogP contribution is -2.73. The Balaban J connectivity index is 2.01. The van der Waals surface area contributed by atoms with Crippen LogP contribution in [-0.4, -0.2) is 85.7 Å². The molecule has 3 aliphatic rings. The molecular weight excluding hydrogens is 510 g/mol. The Bertz CT molecular complexity index is 1330. The highest BCUT2D eigenvalue weighted by molar-refractivity contribution is 6.25. The van der Waals surface area contributed by atoms with Crippen molar-refractivity contribution in [3.63, 3.8) is 0 Å². The molecule has 1 amide bonds. The number of nitrogens with zero attached hydrogens (tertiary/aromatic N) is 1. The molecule has 2 saturated carbocycles. The summed E-state index contributed by atoms with van der Waals surface area (Å²) in [5.41, 5.74) is 8.07. The first-order valence-corrected chi connectivity index (χ1v) is 12.6. The van der Waals surface area contributed by atoms with Crippen molar-refractivity contribution in [2.24, 2.45) is 29.2 Å². The number of fused-ring (bicyclic) bond motifs is 3. The van der Waals surface area contributed by atoms with Crippen LogP contribution in [0.15, 0.2) is 11.6 Å². The zero-order chi connectivity index (χ0) is 29.5.